The molecule has 20 heavy (non-hydrogen) atoms. The highest BCUT2D eigenvalue weighted by Gasteiger charge is 2.09. The van der Waals surface area contributed by atoms with Crippen LogP contribution in [0.25, 0.3) is 5.00 Å². The van der Waals surface area contributed by atoms with Gasteiger partial charge in [-0.1, -0.05) is 12.1 Å². The molecular formula is C13H9N5OS. The molecule has 0 N–H and O–H groups in total. The molecule has 6 nitrogen and oxygen atoms in total. The maximum absolute atomic E-state index is 12.2. The molecule has 0 amide bonds. The van der Waals surface area contributed by atoms with E-state index in [0.717, 1.165) is 10.6 Å². The fourth-order valence-corrected chi connectivity index (χ4v) is 2.43. The first kappa shape index (κ1) is 12.3. The second-order valence-corrected chi connectivity index (χ2v) is 5.02. The standard InChI is InChI=1S/C13H9N5OS/c14-8-10-3-5-11(6-4-10)9-17-13(19)18(16-15-17)12-2-1-7-20-12/h1-7H,9H2. The van der Waals surface area contributed by atoms with Crippen molar-refractivity contribution in [1.82, 2.24) is 19.8 Å². The summed E-state index contributed by atoms with van der Waals surface area (Å²) in [4.78, 5) is 12.2. The quantitative estimate of drug-likeness (QED) is 0.728. The third-order valence-electron chi connectivity index (χ3n) is 2.77. The van der Waals surface area contributed by atoms with E-state index in [4.69, 9.17) is 5.26 Å². The van der Waals surface area contributed by atoms with E-state index in [2.05, 4.69) is 16.5 Å². The topological polar surface area (TPSA) is 76.5 Å². The molecule has 0 unspecified atom stereocenters. The monoisotopic (exact) mass is 283 g/mol. The number of thiophene rings is 1. The summed E-state index contributed by atoms with van der Waals surface area (Å²) in [5.74, 6) is 0. The normalized spacial score (nSPS) is 10.3. The third kappa shape index (κ3) is 2.24. The summed E-state index contributed by atoms with van der Waals surface area (Å²) in [5.41, 5.74) is 1.20. The molecule has 2 heterocycles. The minimum atomic E-state index is -0.281. The van der Waals surface area contributed by atoms with Crippen LogP contribution in [0.2, 0.25) is 0 Å². The predicted octanol–water partition coefficient (Wildman–Crippen LogP) is 1.41. The van der Waals surface area contributed by atoms with Crippen molar-refractivity contribution in [1.29, 1.82) is 5.26 Å². The van der Waals surface area contributed by atoms with Crippen molar-refractivity contribution in [3.63, 3.8) is 0 Å². The average Bonchev–Trinajstić information content (AvgIpc) is 3.11. The molecule has 3 aromatic rings. The highest BCUT2D eigenvalue weighted by molar-refractivity contribution is 7.12. The Balaban J connectivity index is 1.88. The van der Waals surface area contributed by atoms with Crippen molar-refractivity contribution >= 4 is 11.3 Å². The van der Waals surface area contributed by atoms with E-state index in [-0.39, 0.29) is 5.69 Å². The number of aromatic nitrogens is 4. The predicted molar refractivity (Wildman–Crippen MR) is 73.8 cm³/mol. The lowest BCUT2D eigenvalue weighted by atomic mass is 10.1. The van der Waals surface area contributed by atoms with Gasteiger partial charge in [0.05, 0.1) is 18.2 Å². The van der Waals surface area contributed by atoms with Gasteiger partial charge in [-0.25, -0.2) is 4.79 Å². The van der Waals surface area contributed by atoms with Crippen LogP contribution in [0.4, 0.5) is 0 Å². The van der Waals surface area contributed by atoms with E-state index in [1.54, 1.807) is 24.3 Å². The molecule has 1 aromatic carbocycles. The molecule has 0 bridgehead atoms. The SMILES string of the molecule is N#Cc1ccc(Cn2nnn(-c3cccs3)c2=O)cc1. The number of rotatable bonds is 3. The average molecular weight is 283 g/mol. The van der Waals surface area contributed by atoms with E-state index in [9.17, 15) is 4.79 Å². The maximum Gasteiger partial charge on any atom is 0.369 e. The van der Waals surface area contributed by atoms with Crippen LogP contribution in [0, 0.1) is 11.3 Å². The van der Waals surface area contributed by atoms with Crippen molar-refractivity contribution in [2.75, 3.05) is 0 Å². The number of nitrogens with zero attached hydrogens (tertiary/aromatic N) is 5. The third-order valence-corrected chi connectivity index (χ3v) is 3.61. The van der Waals surface area contributed by atoms with Crippen molar-refractivity contribution in [2.24, 2.45) is 0 Å². The molecule has 0 radical (unpaired) electrons. The lowest BCUT2D eigenvalue weighted by molar-refractivity contribution is 0.632. The molecule has 0 saturated carbocycles. The van der Waals surface area contributed by atoms with Gasteiger partial charge in [0.25, 0.3) is 0 Å². The van der Waals surface area contributed by atoms with Gasteiger partial charge in [-0.05, 0) is 45.6 Å². The zero-order valence-electron chi connectivity index (χ0n) is 10.3. The summed E-state index contributed by atoms with van der Waals surface area (Å²) >= 11 is 1.43. The van der Waals surface area contributed by atoms with Crippen molar-refractivity contribution < 1.29 is 0 Å². The second-order valence-electron chi connectivity index (χ2n) is 4.09. The summed E-state index contributed by atoms with van der Waals surface area (Å²) in [6.45, 7) is 0.329. The van der Waals surface area contributed by atoms with Crippen LogP contribution in [0.3, 0.4) is 0 Å². The van der Waals surface area contributed by atoms with Crippen molar-refractivity contribution in [2.45, 2.75) is 6.54 Å². The van der Waals surface area contributed by atoms with Crippen LogP contribution < -0.4 is 5.69 Å². The highest BCUT2D eigenvalue weighted by atomic mass is 32.1. The van der Waals surface area contributed by atoms with Gasteiger partial charge in [0, 0.05) is 0 Å². The molecule has 0 aliphatic rings. The van der Waals surface area contributed by atoms with E-state index in [1.807, 2.05) is 17.5 Å². The van der Waals surface area contributed by atoms with E-state index in [0.29, 0.717) is 12.1 Å². The summed E-state index contributed by atoms with van der Waals surface area (Å²) in [6.07, 6.45) is 0. The second kappa shape index (κ2) is 5.11. The number of hydrogen-bond donors (Lipinski definition) is 0. The fourth-order valence-electron chi connectivity index (χ4n) is 1.76. The van der Waals surface area contributed by atoms with Gasteiger partial charge in [-0.3, -0.25) is 0 Å². The first-order valence-electron chi connectivity index (χ1n) is 5.83. The molecule has 0 spiro atoms. The molecule has 2 aromatic heterocycles. The number of tetrazole rings is 1. The van der Waals surface area contributed by atoms with Gasteiger partial charge >= 0.3 is 5.69 Å². The van der Waals surface area contributed by atoms with Crippen LogP contribution in [0.5, 0.6) is 0 Å². The minimum Gasteiger partial charge on any atom is -0.244 e. The first-order chi connectivity index (χ1) is 9.78. The lowest BCUT2D eigenvalue weighted by Crippen LogP contribution is -2.24. The largest absolute Gasteiger partial charge is 0.369 e. The number of benzene rings is 1. The van der Waals surface area contributed by atoms with Crippen LogP contribution in [-0.2, 0) is 6.54 Å². The summed E-state index contributed by atoms with van der Waals surface area (Å²) in [6, 6.07) is 12.7. The molecule has 0 aliphatic carbocycles. The molecule has 0 aliphatic heterocycles. The van der Waals surface area contributed by atoms with E-state index < -0.39 is 0 Å². The van der Waals surface area contributed by atoms with Gasteiger partial charge in [0.1, 0.15) is 5.00 Å². The Morgan fingerprint density at radius 1 is 1.20 bits per heavy atom. The number of hydrogen-bond acceptors (Lipinski definition) is 5. The van der Waals surface area contributed by atoms with Gasteiger partial charge < -0.3 is 0 Å². The molecule has 0 atom stereocenters. The van der Waals surface area contributed by atoms with Crippen LogP contribution in [0.15, 0.2) is 46.6 Å². The molecular weight excluding hydrogens is 274 g/mol. The first-order valence-corrected chi connectivity index (χ1v) is 6.71. The van der Waals surface area contributed by atoms with Crippen LogP contribution in [0.1, 0.15) is 11.1 Å². The smallest absolute Gasteiger partial charge is 0.244 e. The minimum absolute atomic E-state index is 0.281. The molecule has 0 fully saturated rings. The van der Waals surface area contributed by atoms with Crippen LogP contribution in [-0.4, -0.2) is 19.8 Å². The zero-order chi connectivity index (χ0) is 13.9. The Morgan fingerprint density at radius 2 is 2.00 bits per heavy atom. The maximum atomic E-state index is 12.2. The van der Waals surface area contributed by atoms with Crippen molar-refractivity contribution in [3.05, 3.63) is 63.4 Å². The molecule has 0 saturated heterocycles. The Hall–Kier alpha value is -2.72. The zero-order valence-corrected chi connectivity index (χ0v) is 11.1. The van der Waals surface area contributed by atoms with Gasteiger partial charge in [0.2, 0.25) is 0 Å². The summed E-state index contributed by atoms with van der Waals surface area (Å²) in [5, 5.41) is 19.1. The highest BCUT2D eigenvalue weighted by Crippen LogP contribution is 2.10. The number of nitriles is 1. The van der Waals surface area contributed by atoms with E-state index in [1.165, 1.54) is 20.7 Å². The Labute approximate surface area is 118 Å². The summed E-state index contributed by atoms with van der Waals surface area (Å²) in [7, 11) is 0. The van der Waals surface area contributed by atoms with Gasteiger partial charge in [-0.2, -0.15) is 14.6 Å². The summed E-state index contributed by atoms with van der Waals surface area (Å²) < 4.78 is 2.56. The Bertz CT molecular complexity index is 808. The van der Waals surface area contributed by atoms with Gasteiger partial charge in [0.15, 0.2) is 0 Å². The Morgan fingerprint density at radius 3 is 2.65 bits per heavy atom. The molecule has 98 valence electrons. The fraction of sp³-hybridized carbons (Fsp3) is 0.0769. The molecule has 7 heteroatoms. The molecule has 3 rings (SSSR count). The van der Waals surface area contributed by atoms with E-state index >= 15 is 0 Å². The van der Waals surface area contributed by atoms with Crippen molar-refractivity contribution in [3.8, 4) is 11.1 Å². The van der Waals surface area contributed by atoms with Crippen LogP contribution >= 0.6 is 11.3 Å². The lowest BCUT2D eigenvalue weighted by Gasteiger charge is -1.99. The Kier molecular flexibility index (Phi) is 3.15. The van der Waals surface area contributed by atoms with Gasteiger partial charge in [-0.15, -0.1) is 11.3 Å².